The lowest BCUT2D eigenvalue weighted by molar-refractivity contribution is -0.137. The van der Waals surface area contributed by atoms with Crippen LogP contribution in [-0.4, -0.2) is 31.7 Å². The van der Waals surface area contributed by atoms with Gasteiger partial charge in [0.25, 0.3) is 5.91 Å². The van der Waals surface area contributed by atoms with Crippen LogP contribution < -0.4 is 15.4 Å². The molecule has 10 heteroatoms. The molecular formula is C35H29ClN2O6S. The first-order valence-corrected chi connectivity index (χ1v) is 16.2. The summed E-state index contributed by atoms with van der Waals surface area (Å²) in [6.45, 7) is 0. The number of para-hydroxylation sites is 2. The molecule has 5 aromatic rings. The Labute approximate surface area is 266 Å². The summed E-state index contributed by atoms with van der Waals surface area (Å²) in [5, 5.41) is 15.9. The van der Waals surface area contributed by atoms with Crippen molar-refractivity contribution in [3.8, 4) is 22.6 Å². The number of benzene rings is 5. The minimum atomic E-state index is -3.37. The monoisotopic (exact) mass is 640 g/mol. The summed E-state index contributed by atoms with van der Waals surface area (Å²) in [5.41, 5.74) is 3.45. The number of carboxylic acid groups (broad SMARTS) is 1. The number of carboxylic acids is 1. The Morgan fingerprint density at radius 2 is 1.51 bits per heavy atom. The topological polar surface area (TPSA) is 122 Å². The molecule has 0 bridgehead atoms. The number of carbonyl (C=O) groups excluding carboxylic acids is 1. The molecule has 45 heavy (non-hydrogen) atoms. The zero-order chi connectivity index (χ0) is 32.0. The molecule has 228 valence electrons. The van der Waals surface area contributed by atoms with E-state index in [1.165, 1.54) is 18.2 Å². The summed E-state index contributed by atoms with van der Waals surface area (Å²) in [6.07, 6.45) is 0.770. The van der Waals surface area contributed by atoms with Crippen molar-refractivity contribution in [2.45, 2.75) is 17.4 Å². The van der Waals surface area contributed by atoms with E-state index in [1.54, 1.807) is 36.4 Å². The van der Waals surface area contributed by atoms with Gasteiger partial charge in [0, 0.05) is 22.5 Å². The van der Waals surface area contributed by atoms with Crippen LogP contribution in [0, 0.1) is 0 Å². The molecule has 0 radical (unpaired) electrons. The Balaban J connectivity index is 1.38. The summed E-state index contributed by atoms with van der Waals surface area (Å²) in [5.74, 6) is -0.253. The van der Waals surface area contributed by atoms with Gasteiger partial charge in [-0.15, -0.1) is 0 Å². The van der Waals surface area contributed by atoms with Crippen molar-refractivity contribution in [1.29, 1.82) is 0 Å². The van der Waals surface area contributed by atoms with Crippen LogP contribution in [0.15, 0.2) is 126 Å². The average Bonchev–Trinajstić information content (AvgIpc) is 3.02. The van der Waals surface area contributed by atoms with Crippen LogP contribution in [0.3, 0.4) is 0 Å². The SMILES string of the molecule is CS(=O)(=O)c1ccc(Nc2ccc(Cl)cc2C(=O)NC(CC(=O)O)c2ccc(-c3ccccc3Oc3ccccc3)cc2)cc1. The van der Waals surface area contributed by atoms with E-state index < -0.39 is 27.8 Å². The molecular weight excluding hydrogens is 612 g/mol. The molecule has 0 aromatic heterocycles. The lowest BCUT2D eigenvalue weighted by atomic mass is 9.98. The largest absolute Gasteiger partial charge is 0.481 e. The first-order valence-electron chi connectivity index (χ1n) is 13.9. The standard InChI is InChI=1S/C35H29ClN2O6S/c1-45(42,43)28-18-16-26(17-19-28)37-31-20-15-25(36)21-30(31)35(41)38-32(22-34(39)40)24-13-11-23(12-14-24)29-9-5-6-10-33(29)44-27-7-3-2-4-8-27/h2-21,32,37H,22H2,1H3,(H,38,41)(H,39,40). The van der Waals surface area contributed by atoms with Gasteiger partial charge < -0.3 is 20.5 Å². The number of halogens is 1. The summed E-state index contributed by atoms with van der Waals surface area (Å²) in [7, 11) is -3.37. The number of ether oxygens (including phenoxy) is 1. The van der Waals surface area contributed by atoms with E-state index >= 15 is 0 Å². The Kier molecular flexibility index (Phi) is 9.51. The molecule has 1 amide bonds. The first kappa shape index (κ1) is 31.3. The number of anilines is 2. The number of sulfone groups is 1. The van der Waals surface area contributed by atoms with Crippen molar-refractivity contribution in [1.82, 2.24) is 5.32 Å². The molecule has 0 fully saturated rings. The molecule has 8 nitrogen and oxygen atoms in total. The predicted octanol–water partition coefficient (Wildman–Crippen LogP) is 7.89. The minimum absolute atomic E-state index is 0.164. The van der Waals surface area contributed by atoms with E-state index in [0.717, 1.165) is 17.4 Å². The van der Waals surface area contributed by atoms with Gasteiger partial charge in [-0.05, 0) is 71.8 Å². The highest BCUT2D eigenvalue weighted by molar-refractivity contribution is 7.90. The zero-order valence-corrected chi connectivity index (χ0v) is 25.7. The van der Waals surface area contributed by atoms with Crippen LogP contribution in [0.2, 0.25) is 5.02 Å². The van der Waals surface area contributed by atoms with Crippen LogP contribution in [0.1, 0.15) is 28.4 Å². The van der Waals surface area contributed by atoms with Crippen molar-refractivity contribution in [3.05, 3.63) is 137 Å². The number of amides is 1. The van der Waals surface area contributed by atoms with E-state index in [4.69, 9.17) is 16.3 Å². The lowest BCUT2D eigenvalue weighted by Gasteiger charge is -2.20. The van der Waals surface area contributed by atoms with Crippen molar-refractivity contribution < 1.29 is 27.9 Å². The number of aliphatic carboxylic acids is 1. The summed E-state index contributed by atoms with van der Waals surface area (Å²) < 4.78 is 29.7. The summed E-state index contributed by atoms with van der Waals surface area (Å²) >= 11 is 6.23. The molecule has 0 saturated heterocycles. The number of nitrogens with one attached hydrogen (secondary N) is 2. The van der Waals surface area contributed by atoms with Gasteiger partial charge in [0.2, 0.25) is 0 Å². The van der Waals surface area contributed by atoms with Gasteiger partial charge >= 0.3 is 5.97 Å². The molecule has 0 saturated carbocycles. The molecule has 0 aliphatic rings. The smallest absolute Gasteiger partial charge is 0.305 e. The second-order valence-electron chi connectivity index (χ2n) is 10.3. The van der Waals surface area contributed by atoms with Crippen molar-refractivity contribution in [2.75, 3.05) is 11.6 Å². The Hall–Kier alpha value is -5.12. The third-order valence-corrected chi connectivity index (χ3v) is 8.32. The number of carbonyl (C=O) groups is 2. The Morgan fingerprint density at radius 1 is 0.844 bits per heavy atom. The van der Waals surface area contributed by atoms with E-state index in [0.29, 0.717) is 33.5 Å². The second kappa shape index (κ2) is 13.7. The van der Waals surface area contributed by atoms with Crippen LogP contribution in [-0.2, 0) is 14.6 Å². The van der Waals surface area contributed by atoms with E-state index in [1.807, 2.05) is 66.7 Å². The number of hydrogen-bond acceptors (Lipinski definition) is 6. The normalized spacial score (nSPS) is 11.8. The average molecular weight is 641 g/mol. The van der Waals surface area contributed by atoms with Gasteiger partial charge in [-0.2, -0.15) is 0 Å². The van der Waals surface area contributed by atoms with Crippen molar-refractivity contribution in [3.63, 3.8) is 0 Å². The maximum Gasteiger partial charge on any atom is 0.305 e. The Morgan fingerprint density at radius 3 is 2.18 bits per heavy atom. The van der Waals surface area contributed by atoms with Gasteiger partial charge in [-0.1, -0.05) is 72.3 Å². The van der Waals surface area contributed by atoms with Crippen LogP contribution in [0.25, 0.3) is 11.1 Å². The van der Waals surface area contributed by atoms with E-state index in [2.05, 4.69) is 10.6 Å². The maximum atomic E-state index is 13.6. The van der Waals surface area contributed by atoms with Crippen molar-refractivity contribution in [2.24, 2.45) is 0 Å². The predicted molar refractivity (Wildman–Crippen MR) is 175 cm³/mol. The van der Waals surface area contributed by atoms with Crippen LogP contribution in [0.4, 0.5) is 11.4 Å². The number of rotatable bonds is 11. The molecule has 0 aliphatic carbocycles. The summed E-state index contributed by atoms with van der Waals surface area (Å²) in [4.78, 5) is 25.6. The van der Waals surface area contributed by atoms with Gasteiger partial charge in [0.1, 0.15) is 11.5 Å². The minimum Gasteiger partial charge on any atom is -0.481 e. The van der Waals surface area contributed by atoms with E-state index in [9.17, 15) is 23.1 Å². The highest BCUT2D eigenvalue weighted by atomic mass is 35.5. The van der Waals surface area contributed by atoms with Gasteiger partial charge in [-0.25, -0.2) is 8.42 Å². The molecule has 0 spiro atoms. The molecule has 0 aliphatic heterocycles. The maximum absolute atomic E-state index is 13.6. The first-order chi connectivity index (χ1) is 21.6. The molecule has 3 N–H and O–H groups in total. The third kappa shape index (κ3) is 8.08. The van der Waals surface area contributed by atoms with Crippen molar-refractivity contribution >= 4 is 44.7 Å². The van der Waals surface area contributed by atoms with Gasteiger partial charge in [0.15, 0.2) is 9.84 Å². The quantitative estimate of drug-likeness (QED) is 0.134. The van der Waals surface area contributed by atoms with Crippen LogP contribution >= 0.6 is 11.6 Å². The lowest BCUT2D eigenvalue weighted by Crippen LogP contribution is -2.30. The molecule has 1 unspecified atom stereocenters. The Bertz CT molecular complexity index is 1930. The fraction of sp³-hybridized carbons (Fsp3) is 0.0857. The highest BCUT2D eigenvalue weighted by Gasteiger charge is 2.22. The molecule has 5 rings (SSSR count). The fourth-order valence-electron chi connectivity index (χ4n) is 4.72. The van der Waals surface area contributed by atoms with Crippen LogP contribution in [0.5, 0.6) is 11.5 Å². The summed E-state index contributed by atoms with van der Waals surface area (Å²) in [6, 6.07) is 34.3. The molecule has 1 atom stereocenters. The number of hydrogen-bond donors (Lipinski definition) is 3. The third-order valence-electron chi connectivity index (χ3n) is 6.95. The van der Waals surface area contributed by atoms with Gasteiger partial charge in [-0.3, -0.25) is 9.59 Å². The molecule has 0 heterocycles. The van der Waals surface area contributed by atoms with E-state index in [-0.39, 0.29) is 16.9 Å². The fourth-order valence-corrected chi connectivity index (χ4v) is 5.52. The zero-order valence-electron chi connectivity index (χ0n) is 24.1. The second-order valence-corrected chi connectivity index (χ2v) is 12.7. The highest BCUT2D eigenvalue weighted by Crippen LogP contribution is 2.34. The molecule has 5 aromatic carbocycles. The van der Waals surface area contributed by atoms with Gasteiger partial charge in [0.05, 0.1) is 28.6 Å².